The molecule has 0 aliphatic rings. The molecule has 1 atom stereocenters. The van der Waals surface area contributed by atoms with Crippen LogP contribution in [0.15, 0.2) is 54.9 Å². The summed E-state index contributed by atoms with van der Waals surface area (Å²) < 4.78 is 0. The van der Waals surface area contributed by atoms with Gasteiger partial charge in [0.15, 0.2) is 0 Å². The Labute approximate surface area is 130 Å². The van der Waals surface area contributed by atoms with Crippen LogP contribution in [0.1, 0.15) is 22.7 Å². The normalized spacial score (nSPS) is 12.3. The summed E-state index contributed by atoms with van der Waals surface area (Å²) in [5, 5.41) is 10.3. The van der Waals surface area contributed by atoms with E-state index in [0.29, 0.717) is 5.92 Å². The van der Waals surface area contributed by atoms with Gasteiger partial charge in [0.1, 0.15) is 0 Å². The highest BCUT2D eigenvalue weighted by molar-refractivity contribution is 5.60. The second-order valence-corrected chi connectivity index (χ2v) is 5.38. The van der Waals surface area contributed by atoms with E-state index in [1.54, 1.807) is 0 Å². The average Bonchev–Trinajstić information content (AvgIpc) is 3.00. The van der Waals surface area contributed by atoms with Crippen LogP contribution in [-0.4, -0.2) is 28.8 Å². The quantitative estimate of drug-likeness (QED) is 0.759. The third-order valence-corrected chi connectivity index (χ3v) is 3.91. The van der Waals surface area contributed by atoms with Gasteiger partial charge in [0.05, 0.1) is 11.4 Å². The highest BCUT2D eigenvalue weighted by Gasteiger charge is 2.14. The molecule has 22 heavy (non-hydrogen) atoms. The first-order chi connectivity index (χ1) is 10.8. The van der Waals surface area contributed by atoms with E-state index in [2.05, 4.69) is 56.9 Å². The number of benzene rings is 1. The van der Waals surface area contributed by atoms with E-state index in [0.717, 1.165) is 23.5 Å². The lowest BCUT2D eigenvalue weighted by atomic mass is 9.92. The smallest absolute Gasteiger partial charge is 0.0736 e. The second-order valence-electron chi connectivity index (χ2n) is 5.38. The largest absolute Gasteiger partial charge is 0.319 e. The lowest BCUT2D eigenvalue weighted by molar-refractivity contribution is 0.706. The molecule has 1 aromatic carbocycles. The van der Waals surface area contributed by atoms with Crippen LogP contribution >= 0.6 is 0 Å². The van der Waals surface area contributed by atoms with Crippen molar-refractivity contribution in [2.45, 2.75) is 12.8 Å². The minimum atomic E-state index is 0.304. The number of aromatic nitrogens is 3. The lowest BCUT2D eigenvalue weighted by Crippen LogP contribution is -2.18. The standard InChI is InChI=1S/C18H20N4/c1-13-16(12-21-22-13)18-9-8-15(10-20-18)17(11-19-2)14-6-4-3-5-7-14/h3-10,12,17,19H,11H2,1-2H3,(H,21,22). The maximum absolute atomic E-state index is 4.62. The molecule has 2 N–H and O–H groups in total. The fourth-order valence-corrected chi connectivity index (χ4v) is 2.71. The molecular weight excluding hydrogens is 272 g/mol. The number of nitrogens with zero attached hydrogens (tertiary/aromatic N) is 2. The molecule has 112 valence electrons. The van der Waals surface area contributed by atoms with Gasteiger partial charge in [0.2, 0.25) is 0 Å². The van der Waals surface area contributed by atoms with E-state index in [4.69, 9.17) is 0 Å². The Bertz CT molecular complexity index is 716. The lowest BCUT2D eigenvalue weighted by Gasteiger charge is -2.17. The summed E-state index contributed by atoms with van der Waals surface area (Å²) in [6, 6.07) is 14.8. The topological polar surface area (TPSA) is 53.6 Å². The first-order valence-corrected chi connectivity index (χ1v) is 7.46. The summed E-state index contributed by atoms with van der Waals surface area (Å²) in [5.41, 5.74) is 5.48. The molecule has 0 spiro atoms. The van der Waals surface area contributed by atoms with Crippen molar-refractivity contribution in [3.05, 3.63) is 71.7 Å². The zero-order valence-electron chi connectivity index (χ0n) is 12.9. The molecular formula is C18H20N4. The van der Waals surface area contributed by atoms with Crippen molar-refractivity contribution in [3.63, 3.8) is 0 Å². The van der Waals surface area contributed by atoms with Crippen molar-refractivity contribution >= 4 is 0 Å². The Balaban J connectivity index is 1.91. The predicted molar refractivity (Wildman–Crippen MR) is 88.8 cm³/mol. The van der Waals surface area contributed by atoms with Gasteiger partial charge in [-0.3, -0.25) is 10.1 Å². The van der Waals surface area contributed by atoms with Crippen LogP contribution in [0.25, 0.3) is 11.3 Å². The van der Waals surface area contributed by atoms with Gasteiger partial charge >= 0.3 is 0 Å². The van der Waals surface area contributed by atoms with Gasteiger partial charge in [-0.1, -0.05) is 36.4 Å². The third-order valence-electron chi connectivity index (χ3n) is 3.91. The van der Waals surface area contributed by atoms with Crippen LogP contribution in [0.5, 0.6) is 0 Å². The Morgan fingerprint density at radius 2 is 1.91 bits per heavy atom. The molecule has 3 aromatic rings. The van der Waals surface area contributed by atoms with Gasteiger partial charge in [-0.15, -0.1) is 0 Å². The Morgan fingerprint density at radius 3 is 2.50 bits per heavy atom. The predicted octanol–water partition coefficient (Wildman–Crippen LogP) is 3.13. The molecule has 0 fully saturated rings. The first-order valence-electron chi connectivity index (χ1n) is 7.46. The first kappa shape index (κ1) is 14.5. The molecule has 0 bridgehead atoms. The Kier molecular flexibility index (Phi) is 4.30. The molecule has 0 radical (unpaired) electrons. The number of aryl methyl sites for hydroxylation is 1. The van der Waals surface area contributed by atoms with Gasteiger partial charge < -0.3 is 5.32 Å². The molecule has 2 heterocycles. The SMILES string of the molecule is CNCC(c1ccccc1)c1ccc(-c2c[nH]nc2C)nc1. The zero-order valence-corrected chi connectivity index (χ0v) is 12.9. The average molecular weight is 292 g/mol. The number of hydrogen-bond donors (Lipinski definition) is 2. The van der Waals surface area contributed by atoms with Crippen LogP contribution < -0.4 is 5.32 Å². The minimum absolute atomic E-state index is 0.304. The van der Waals surface area contributed by atoms with Crippen molar-refractivity contribution in [1.82, 2.24) is 20.5 Å². The van der Waals surface area contributed by atoms with Crippen molar-refractivity contribution in [2.24, 2.45) is 0 Å². The minimum Gasteiger partial charge on any atom is -0.319 e. The molecule has 0 aliphatic heterocycles. The van der Waals surface area contributed by atoms with Gasteiger partial charge in [0.25, 0.3) is 0 Å². The number of nitrogens with one attached hydrogen (secondary N) is 2. The van der Waals surface area contributed by atoms with Crippen molar-refractivity contribution in [3.8, 4) is 11.3 Å². The maximum atomic E-state index is 4.62. The van der Waals surface area contributed by atoms with E-state index in [-0.39, 0.29) is 0 Å². The molecule has 0 amide bonds. The van der Waals surface area contributed by atoms with Crippen LogP contribution in [0.4, 0.5) is 0 Å². The number of likely N-dealkylation sites (N-methyl/N-ethyl adjacent to an activating group) is 1. The van der Waals surface area contributed by atoms with E-state index < -0.39 is 0 Å². The Morgan fingerprint density at radius 1 is 1.09 bits per heavy atom. The fraction of sp³-hybridized carbons (Fsp3) is 0.222. The summed E-state index contributed by atoms with van der Waals surface area (Å²) in [6.07, 6.45) is 3.86. The van der Waals surface area contributed by atoms with E-state index >= 15 is 0 Å². The zero-order chi connectivity index (χ0) is 15.4. The molecule has 2 aromatic heterocycles. The third kappa shape index (κ3) is 2.92. The van der Waals surface area contributed by atoms with Crippen LogP contribution in [0.2, 0.25) is 0 Å². The number of hydrogen-bond acceptors (Lipinski definition) is 3. The number of pyridine rings is 1. The van der Waals surface area contributed by atoms with Gasteiger partial charge in [-0.05, 0) is 31.2 Å². The van der Waals surface area contributed by atoms with E-state index in [1.165, 1.54) is 11.1 Å². The Hall–Kier alpha value is -2.46. The van der Waals surface area contributed by atoms with Crippen molar-refractivity contribution < 1.29 is 0 Å². The molecule has 1 unspecified atom stereocenters. The van der Waals surface area contributed by atoms with E-state index in [9.17, 15) is 0 Å². The summed E-state index contributed by atoms with van der Waals surface area (Å²) in [6.45, 7) is 2.87. The highest BCUT2D eigenvalue weighted by Crippen LogP contribution is 2.26. The van der Waals surface area contributed by atoms with Crippen molar-refractivity contribution in [1.29, 1.82) is 0 Å². The highest BCUT2D eigenvalue weighted by atomic mass is 15.1. The number of aromatic amines is 1. The monoisotopic (exact) mass is 292 g/mol. The molecule has 0 saturated heterocycles. The van der Waals surface area contributed by atoms with Gasteiger partial charge in [-0.25, -0.2) is 0 Å². The molecule has 4 nitrogen and oxygen atoms in total. The molecule has 4 heteroatoms. The summed E-state index contributed by atoms with van der Waals surface area (Å²) >= 11 is 0. The summed E-state index contributed by atoms with van der Waals surface area (Å²) in [4.78, 5) is 4.62. The van der Waals surface area contributed by atoms with Gasteiger partial charge in [-0.2, -0.15) is 5.10 Å². The van der Waals surface area contributed by atoms with Crippen LogP contribution in [0, 0.1) is 6.92 Å². The van der Waals surface area contributed by atoms with Crippen molar-refractivity contribution in [2.75, 3.05) is 13.6 Å². The maximum Gasteiger partial charge on any atom is 0.0736 e. The summed E-state index contributed by atoms with van der Waals surface area (Å²) in [5.74, 6) is 0.304. The molecule has 0 saturated carbocycles. The fourth-order valence-electron chi connectivity index (χ4n) is 2.71. The summed E-state index contributed by atoms with van der Waals surface area (Å²) in [7, 11) is 1.98. The van der Waals surface area contributed by atoms with Gasteiger partial charge in [0, 0.05) is 30.4 Å². The number of rotatable bonds is 5. The van der Waals surface area contributed by atoms with Crippen LogP contribution in [0.3, 0.4) is 0 Å². The molecule has 3 rings (SSSR count). The second kappa shape index (κ2) is 6.54. The molecule has 0 aliphatic carbocycles. The van der Waals surface area contributed by atoms with Crippen LogP contribution in [-0.2, 0) is 0 Å². The number of H-pyrrole nitrogens is 1. The van der Waals surface area contributed by atoms with E-state index in [1.807, 2.05) is 32.4 Å².